The number of furan rings is 1. The van der Waals surface area contributed by atoms with Crippen molar-refractivity contribution in [2.45, 2.75) is 25.9 Å². The molecule has 2 rings (SSSR count). The number of phenolic OH excluding ortho intramolecular Hbond substituents is 1. The molecule has 0 aliphatic heterocycles. The summed E-state index contributed by atoms with van der Waals surface area (Å²) in [5.74, 6) is 1.21. The third kappa shape index (κ3) is 2.68. The van der Waals surface area contributed by atoms with E-state index in [1.165, 1.54) is 0 Å². The molecule has 1 heterocycles. The molecule has 0 aliphatic carbocycles. The van der Waals surface area contributed by atoms with Crippen molar-refractivity contribution < 1.29 is 9.52 Å². The zero-order valence-corrected chi connectivity index (χ0v) is 10.1. The van der Waals surface area contributed by atoms with Crippen LogP contribution in [0.2, 0.25) is 0 Å². The third-order valence-corrected chi connectivity index (χ3v) is 2.87. The van der Waals surface area contributed by atoms with Gasteiger partial charge in [0.05, 0.1) is 12.3 Å². The number of rotatable bonds is 4. The Labute approximate surface area is 101 Å². The van der Waals surface area contributed by atoms with E-state index < -0.39 is 0 Å². The molecule has 0 bridgehead atoms. The van der Waals surface area contributed by atoms with Crippen LogP contribution in [0.15, 0.2) is 47.1 Å². The fraction of sp³-hybridized carbons (Fsp3) is 0.286. The molecule has 0 aliphatic rings. The minimum Gasteiger partial charge on any atom is -0.508 e. The van der Waals surface area contributed by atoms with E-state index in [1.807, 2.05) is 44.2 Å². The van der Waals surface area contributed by atoms with Gasteiger partial charge in [-0.25, -0.2) is 0 Å². The molecule has 90 valence electrons. The third-order valence-electron chi connectivity index (χ3n) is 2.87. The molecule has 0 spiro atoms. The number of nitrogens with one attached hydrogen (secondary N) is 1. The van der Waals surface area contributed by atoms with Gasteiger partial charge in [-0.1, -0.05) is 18.2 Å². The van der Waals surface area contributed by atoms with E-state index in [-0.39, 0.29) is 12.1 Å². The average Bonchev–Trinajstić information content (AvgIpc) is 2.82. The van der Waals surface area contributed by atoms with E-state index in [9.17, 15) is 5.11 Å². The Bertz CT molecular complexity index is 465. The molecule has 0 radical (unpaired) electrons. The molecule has 1 unspecified atom stereocenters. The SMILES string of the molecule is CC(N[C@@H](C)c1ccco1)c1ccccc1O. The van der Waals surface area contributed by atoms with Crippen LogP contribution in [0.4, 0.5) is 0 Å². The summed E-state index contributed by atoms with van der Waals surface area (Å²) in [7, 11) is 0. The highest BCUT2D eigenvalue weighted by atomic mass is 16.3. The Morgan fingerprint density at radius 1 is 1.06 bits per heavy atom. The standard InChI is InChI=1S/C14H17NO2/c1-10(12-6-3-4-7-13(12)16)15-11(2)14-8-5-9-17-14/h3-11,15-16H,1-2H3/t10?,11-/m0/s1. The maximum Gasteiger partial charge on any atom is 0.120 e. The van der Waals surface area contributed by atoms with Crippen molar-refractivity contribution in [1.82, 2.24) is 5.32 Å². The lowest BCUT2D eigenvalue weighted by atomic mass is 10.1. The van der Waals surface area contributed by atoms with Gasteiger partial charge in [0.15, 0.2) is 0 Å². The van der Waals surface area contributed by atoms with Crippen molar-refractivity contribution in [3.63, 3.8) is 0 Å². The van der Waals surface area contributed by atoms with Gasteiger partial charge in [-0.15, -0.1) is 0 Å². The van der Waals surface area contributed by atoms with Gasteiger partial charge in [-0.05, 0) is 32.0 Å². The van der Waals surface area contributed by atoms with Crippen LogP contribution in [0, 0.1) is 0 Å². The molecule has 2 atom stereocenters. The quantitative estimate of drug-likeness (QED) is 0.847. The molecular weight excluding hydrogens is 214 g/mol. The number of aromatic hydroxyl groups is 1. The van der Waals surface area contributed by atoms with Crippen LogP contribution in [0.25, 0.3) is 0 Å². The molecule has 17 heavy (non-hydrogen) atoms. The summed E-state index contributed by atoms with van der Waals surface area (Å²) in [4.78, 5) is 0. The van der Waals surface area contributed by atoms with Gasteiger partial charge in [0.2, 0.25) is 0 Å². The van der Waals surface area contributed by atoms with E-state index in [0.29, 0.717) is 5.75 Å². The number of para-hydroxylation sites is 1. The second-order valence-corrected chi connectivity index (χ2v) is 4.18. The van der Waals surface area contributed by atoms with Crippen molar-refractivity contribution in [3.8, 4) is 5.75 Å². The molecule has 0 fully saturated rings. The van der Waals surface area contributed by atoms with E-state index in [2.05, 4.69) is 5.32 Å². The molecule has 2 aromatic rings. The van der Waals surface area contributed by atoms with Crippen molar-refractivity contribution in [2.75, 3.05) is 0 Å². The predicted molar refractivity (Wildman–Crippen MR) is 66.8 cm³/mol. The second kappa shape index (κ2) is 5.06. The van der Waals surface area contributed by atoms with Crippen LogP contribution >= 0.6 is 0 Å². The van der Waals surface area contributed by atoms with Crippen LogP contribution < -0.4 is 5.32 Å². The maximum absolute atomic E-state index is 9.76. The molecule has 1 aromatic heterocycles. The summed E-state index contributed by atoms with van der Waals surface area (Å²) in [5, 5.41) is 13.1. The van der Waals surface area contributed by atoms with Gasteiger partial charge in [0, 0.05) is 11.6 Å². The fourth-order valence-corrected chi connectivity index (χ4v) is 1.94. The number of hydrogen-bond donors (Lipinski definition) is 2. The molecule has 0 saturated carbocycles. The maximum atomic E-state index is 9.76. The smallest absolute Gasteiger partial charge is 0.120 e. The van der Waals surface area contributed by atoms with Crippen molar-refractivity contribution in [2.24, 2.45) is 0 Å². The van der Waals surface area contributed by atoms with E-state index in [0.717, 1.165) is 11.3 Å². The largest absolute Gasteiger partial charge is 0.508 e. The van der Waals surface area contributed by atoms with Crippen molar-refractivity contribution in [1.29, 1.82) is 0 Å². The summed E-state index contributed by atoms with van der Waals surface area (Å²) < 4.78 is 5.34. The summed E-state index contributed by atoms with van der Waals surface area (Å²) in [6.45, 7) is 4.06. The van der Waals surface area contributed by atoms with Crippen molar-refractivity contribution in [3.05, 3.63) is 54.0 Å². The average molecular weight is 231 g/mol. The van der Waals surface area contributed by atoms with E-state index in [4.69, 9.17) is 4.42 Å². The highest BCUT2D eigenvalue weighted by Crippen LogP contribution is 2.25. The van der Waals surface area contributed by atoms with Crippen LogP contribution in [-0.4, -0.2) is 5.11 Å². The zero-order chi connectivity index (χ0) is 12.3. The van der Waals surface area contributed by atoms with Gasteiger partial charge in [0.1, 0.15) is 11.5 Å². The Balaban J connectivity index is 2.07. The number of hydrogen-bond acceptors (Lipinski definition) is 3. The van der Waals surface area contributed by atoms with Crippen molar-refractivity contribution >= 4 is 0 Å². The lowest BCUT2D eigenvalue weighted by molar-refractivity contribution is 0.392. The summed E-state index contributed by atoms with van der Waals surface area (Å²) in [5.41, 5.74) is 0.894. The summed E-state index contributed by atoms with van der Waals surface area (Å²) in [6.07, 6.45) is 1.66. The normalized spacial score (nSPS) is 14.5. The monoisotopic (exact) mass is 231 g/mol. The minimum absolute atomic E-state index is 0.0660. The summed E-state index contributed by atoms with van der Waals surface area (Å²) >= 11 is 0. The minimum atomic E-state index is 0.0660. The first-order valence-corrected chi connectivity index (χ1v) is 5.76. The lowest BCUT2D eigenvalue weighted by Gasteiger charge is -2.19. The number of phenols is 1. The van der Waals surface area contributed by atoms with Gasteiger partial charge in [-0.3, -0.25) is 0 Å². The zero-order valence-electron chi connectivity index (χ0n) is 10.1. The highest BCUT2D eigenvalue weighted by Gasteiger charge is 2.14. The lowest BCUT2D eigenvalue weighted by Crippen LogP contribution is -2.22. The van der Waals surface area contributed by atoms with Gasteiger partial charge in [-0.2, -0.15) is 0 Å². The summed E-state index contributed by atoms with van der Waals surface area (Å²) in [6, 6.07) is 11.4. The Morgan fingerprint density at radius 2 is 1.82 bits per heavy atom. The molecule has 3 heteroatoms. The molecule has 2 N–H and O–H groups in total. The molecule has 0 amide bonds. The van der Waals surface area contributed by atoms with Crippen LogP contribution in [0.1, 0.15) is 37.3 Å². The van der Waals surface area contributed by atoms with Gasteiger partial charge >= 0.3 is 0 Å². The van der Waals surface area contributed by atoms with Gasteiger partial charge in [0.25, 0.3) is 0 Å². The van der Waals surface area contributed by atoms with E-state index in [1.54, 1.807) is 12.3 Å². The second-order valence-electron chi connectivity index (χ2n) is 4.18. The Morgan fingerprint density at radius 3 is 2.47 bits per heavy atom. The fourth-order valence-electron chi connectivity index (χ4n) is 1.94. The first-order valence-electron chi connectivity index (χ1n) is 5.76. The molecule has 1 aromatic carbocycles. The molecular formula is C14H17NO2. The van der Waals surface area contributed by atoms with E-state index >= 15 is 0 Å². The molecule has 3 nitrogen and oxygen atoms in total. The van der Waals surface area contributed by atoms with Crippen LogP contribution in [0.3, 0.4) is 0 Å². The number of benzene rings is 1. The topological polar surface area (TPSA) is 45.4 Å². The van der Waals surface area contributed by atoms with Crippen LogP contribution in [-0.2, 0) is 0 Å². The predicted octanol–water partition coefficient (Wildman–Crippen LogP) is 3.40. The first kappa shape index (κ1) is 11.7. The highest BCUT2D eigenvalue weighted by molar-refractivity contribution is 5.34. The van der Waals surface area contributed by atoms with Gasteiger partial charge < -0.3 is 14.8 Å². The molecule has 0 saturated heterocycles. The first-order chi connectivity index (χ1) is 8.18. The van der Waals surface area contributed by atoms with Crippen LogP contribution in [0.5, 0.6) is 5.75 Å². The Hall–Kier alpha value is -1.74. The Kier molecular flexibility index (Phi) is 3.49.